The van der Waals surface area contributed by atoms with Gasteiger partial charge >= 0.3 is 10.3 Å². The highest BCUT2D eigenvalue weighted by Gasteiger charge is 2.63. The van der Waals surface area contributed by atoms with Gasteiger partial charge in [0.25, 0.3) is 0 Å². The molecule has 0 aromatic carbocycles. The van der Waals surface area contributed by atoms with Crippen molar-refractivity contribution in [1.29, 1.82) is 0 Å². The van der Waals surface area contributed by atoms with E-state index < -0.39 is 20.7 Å². The monoisotopic (exact) mass is 323 g/mol. The van der Waals surface area contributed by atoms with Crippen molar-refractivity contribution < 1.29 is 12.6 Å². The Morgan fingerprint density at radius 3 is 2.18 bits per heavy atom. The molecule has 0 radical (unpaired) electrons. The van der Waals surface area contributed by atoms with Crippen molar-refractivity contribution in [3.8, 4) is 0 Å². The molecule has 0 saturated carbocycles. The van der Waals surface area contributed by atoms with Crippen LogP contribution in [-0.2, 0) is 14.5 Å². The van der Waals surface area contributed by atoms with Crippen LogP contribution in [0.3, 0.4) is 0 Å². The molecule has 0 spiro atoms. The van der Waals surface area contributed by atoms with Crippen LogP contribution in [-0.4, -0.2) is 34.7 Å². The molecule has 0 aromatic rings. The molecule has 0 amide bonds. The number of alkyl halides is 3. The van der Waals surface area contributed by atoms with Crippen LogP contribution < -0.4 is 0 Å². The highest BCUT2D eigenvalue weighted by Crippen LogP contribution is 2.48. The third-order valence-electron chi connectivity index (χ3n) is 3.15. The van der Waals surface area contributed by atoms with E-state index in [1.165, 1.54) is 4.31 Å². The molecule has 8 heteroatoms. The normalized spacial score (nSPS) is 33.8. The second kappa shape index (κ2) is 5.02. The lowest BCUT2D eigenvalue weighted by Gasteiger charge is -2.13. The van der Waals surface area contributed by atoms with E-state index in [4.69, 9.17) is 39.0 Å². The summed E-state index contributed by atoms with van der Waals surface area (Å²) in [6.45, 7) is 5.28. The molecular weight excluding hydrogens is 309 g/mol. The van der Waals surface area contributed by atoms with Crippen LogP contribution in [0.15, 0.2) is 0 Å². The number of rotatable bonds is 5. The van der Waals surface area contributed by atoms with Gasteiger partial charge in [-0.05, 0) is 19.8 Å². The number of hydrogen-bond donors (Lipinski definition) is 0. The van der Waals surface area contributed by atoms with Crippen LogP contribution in [0.25, 0.3) is 0 Å². The van der Waals surface area contributed by atoms with E-state index >= 15 is 0 Å². The topological polar surface area (TPSA) is 46.4 Å². The molecule has 1 fully saturated rings. The lowest BCUT2D eigenvalue weighted by Crippen LogP contribution is -2.26. The summed E-state index contributed by atoms with van der Waals surface area (Å²) in [6, 6.07) is -0.0344. The minimum atomic E-state index is -3.82. The van der Waals surface area contributed by atoms with Gasteiger partial charge in [0, 0.05) is 6.04 Å². The average Bonchev–Trinajstić information content (AvgIpc) is 2.82. The van der Waals surface area contributed by atoms with Gasteiger partial charge in [-0.2, -0.15) is 12.7 Å². The van der Waals surface area contributed by atoms with Gasteiger partial charge < -0.3 is 0 Å². The maximum atomic E-state index is 11.9. The first-order chi connectivity index (χ1) is 7.58. The Morgan fingerprint density at radius 2 is 1.88 bits per heavy atom. The van der Waals surface area contributed by atoms with E-state index in [0.29, 0.717) is 0 Å². The van der Waals surface area contributed by atoms with E-state index in [9.17, 15) is 8.42 Å². The van der Waals surface area contributed by atoms with Gasteiger partial charge in [-0.1, -0.05) is 48.7 Å². The van der Waals surface area contributed by atoms with Gasteiger partial charge in [0.1, 0.15) is 6.61 Å². The second-order valence-electron chi connectivity index (χ2n) is 4.27. The van der Waals surface area contributed by atoms with Gasteiger partial charge in [-0.3, -0.25) is 4.18 Å². The summed E-state index contributed by atoms with van der Waals surface area (Å²) >= 11 is 16.4. The molecule has 1 aliphatic heterocycles. The van der Waals surface area contributed by atoms with Gasteiger partial charge in [0.15, 0.2) is 0 Å². The predicted octanol–water partition coefficient (Wildman–Crippen LogP) is 2.88. The molecule has 3 unspecified atom stereocenters. The third-order valence-corrected chi connectivity index (χ3v) is 5.05. The molecule has 0 bridgehead atoms. The fourth-order valence-corrected chi connectivity index (χ4v) is 4.28. The number of halogens is 3. The first-order valence-corrected chi connectivity index (χ1v) is 7.84. The molecule has 1 aliphatic rings. The van der Waals surface area contributed by atoms with Crippen LogP contribution in [0.5, 0.6) is 0 Å². The van der Waals surface area contributed by atoms with E-state index in [1.807, 2.05) is 20.8 Å². The molecule has 1 saturated heterocycles. The smallest absolute Gasteiger partial charge is 0.253 e. The Balaban J connectivity index is 2.74. The van der Waals surface area contributed by atoms with Crippen LogP contribution in [0, 0.1) is 0 Å². The minimum absolute atomic E-state index is 0.0344. The molecule has 1 rings (SSSR count). The zero-order valence-electron chi connectivity index (χ0n) is 9.91. The second-order valence-corrected chi connectivity index (χ2v) is 8.27. The lowest BCUT2D eigenvalue weighted by atomic mass is 10.0. The van der Waals surface area contributed by atoms with Crippen LogP contribution in [0.1, 0.15) is 33.6 Å². The number of nitrogens with zero attached hydrogens (tertiary/aromatic N) is 1. The van der Waals surface area contributed by atoms with Gasteiger partial charge in [-0.15, -0.1) is 0 Å². The highest BCUT2D eigenvalue weighted by molar-refractivity contribution is 7.84. The first kappa shape index (κ1) is 15.8. The summed E-state index contributed by atoms with van der Waals surface area (Å²) < 4.78 is 28.2. The van der Waals surface area contributed by atoms with Crippen molar-refractivity contribution in [3.63, 3.8) is 0 Å². The van der Waals surface area contributed by atoms with Crippen molar-refractivity contribution in [1.82, 2.24) is 4.31 Å². The van der Waals surface area contributed by atoms with Crippen molar-refractivity contribution >= 4 is 45.1 Å². The Labute approximate surface area is 117 Å². The molecule has 1 heterocycles. The fraction of sp³-hybridized carbons (Fsp3) is 1.00. The maximum absolute atomic E-state index is 11.9. The van der Waals surface area contributed by atoms with Crippen LogP contribution in [0.2, 0.25) is 0 Å². The summed E-state index contributed by atoms with van der Waals surface area (Å²) in [5.74, 6) is 0. The maximum Gasteiger partial charge on any atom is 0.339 e. The predicted molar refractivity (Wildman–Crippen MR) is 69.8 cm³/mol. The van der Waals surface area contributed by atoms with Crippen molar-refractivity contribution in [2.75, 3.05) is 6.61 Å². The quantitative estimate of drug-likeness (QED) is 0.577. The Bertz CT molecular complexity index is 381. The van der Waals surface area contributed by atoms with E-state index in [0.717, 1.165) is 12.8 Å². The first-order valence-electron chi connectivity index (χ1n) is 5.34. The third kappa shape index (κ3) is 3.39. The summed E-state index contributed by atoms with van der Waals surface area (Å²) in [6.07, 6.45) is 1.46. The zero-order chi connectivity index (χ0) is 13.5. The summed E-state index contributed by atoms with van der Waals surface area (Å²) in [7, 11) is -3.82. The minimum Gasteiger partial charge on any atom is -0.253 e. The molecule has 0 N–H and O–H groups in total. The molecule has 102 valence electrons. The van der Waals surface area contributed by atoms with Crippen molar-refractivity contribution in [2.24, 2.45) is 0 Å². The largest absolute Gasteiger partial charge is 0.339 e. The number of hydrogen-bond acceptors (Lipinski definition) is 3. The molecule has 0 aromatic heterocycles. The van der Waals surface area contributed by atoms with Crippen LogP contribution in [0.4, 0.5) is 0 Å². The van der Waals surface area contributed by atoms with Gasteiger partial charge in [0.2, 0.25) is 3.79 Å². The SMILES string of the molecule is CCC1N(S(=O)(=O)OCC(Cl)(Cl)Cl)C1(C)CC. The molecular formula is C9H16Cl3NO3S. The Hall–Kier alpha value is 0.740. The van der Waals surface area contributed by atoms with E-state index in [-0.39, 0.29) is 11.6 Å². The molecule has 0 aliphatic carbocycles. The van der Waals surface area contributed by atoms with Gasteiger partial charge in [0.05, 0.1) is 5.54 Å². The highest BCUT2D eigenvalue weighted by atomic mass is 35.6. The van der Waals surface area contributed by atoms with Crippen molar-refractivity contribution in [3.05, 3.63) is 0 Å². The Kier molecular flexibility index (Phi) is 4.67. The zero-order valence-corrected chi connectivity index (χ0v) is 13.0. The summed E-state index contributed by atoms with van der Waals surface area (Å²) in [4.78, 5) is 0. The standard InChI is InChI=1S/C9H16Cl3NO3S/c1-4-7-8(3,5-2)13(7)17(14,15)16-6-9(10,11)12/h7H,4-6H2,1-3H3. The molecule has 17 heavy (non-hydrogen) atoms. The van der Waals surface area contributed by atoms with Gasteiger partial charge in [-0.25, -0.2) is 0 Å². The van der Waals surface area contributed by atoms with E-state index in [2.05, 4.69) is 0 Å². The lowest BCUT2D eigenvalue weighted by molar-refractivity contribution is 0.297. The summed E-state index contributed by atoms with van der Waals surface area (Å²) in [5.41, 5.74) is -0.374. The summed E-state index contributed by atoms with van der Waals surface area (Å²) in [5, 5.41) is 0. The fourth-order valence-electron chi connectivity index (χ4n) is 2.08. The van der Waals surface area contributed by atoms with Crippen molar-refractivity contribution in [2.45, 2.75) is 49.0 Å². The molecule has 4 nitrogen and oxygen atoms in total. The van der Waals surface area contributed by atoms with Crippen LogP contribution >= 0.6 is 34.8 Å². The van der Waals surface area contributed by atoms with E-state index in [1.54, 1.807) is 0 Å². The average molecular weight is 325 g/mol. The Morgan fingerprint density at radius 1 is 1.35 bits per heavy atom. The molecule has 3 atom stereocenters.